The molecule has 0 unspecified atom stereocenters. The summed E-state index contributed by atoms with van der Waals surface area (Å²) in [5.41, 5.74) is 1.18. The van der Waals surface area contributed by atoms with Gasteiger partial charge < -0.3 is 10.2 Å². The molecule has 0 aromatic carbocycles. The van der Waals surface area contributed by atoms with Crippen LogP contribution in [0.25, 0.3) is 0 Å². The lowest BCUT2D eigenvalue weighted by molar-refractivity contribution is 0.426. The van der Waals surface area contributed by atoms with E-state index in [2.05, 4.69) is 28.3 Å². The van der Waals surface area contributed by atoms with E-state index in [1.807, 2.05) is 6.20 Å². The molecular weight excluding hydrogens is 270 g/mol. The third kappa shape index (κ3) is 3.44. The van der Waals surface area contributed by atoms with Gasteiger partial charge in [0, 0.05) is 31.9 Å². The highest BCUT2D eigenvalue weighted by Gasteiger charge is 2.22. The summed E-state index contributed by atoms with van der Waals surface area (Å²) in [5.74, 6) is 0.939. The fourth-order valence-electron chi connectivity index (χ4n) is 3.02. The first-order valence-corrected chi connectivity index (χ1v) is 8.22. The Labute approximate surface area is 126 Å². The van der Waals surface area contributed by atoms with Crippen molar-refractivity contribution in [3.63, 3.8) is 0 Å². The topological polar surface area (TPSA) is 28.2 Å². The van der Waals surface area contributed by atoms with Crippen LogP contribution in [-0.4, -0.2) is 24.1 Å². The molecule has 0 atom stereocenters. The van der Waals surface area contributed by atoms with Gasteiger partial charge in [-0.1, -0.05) is 30.9 Å². The van der Waals surface area contributed by atoms with Crippen LogP contribution in [0.3, 0.4) is 0 Å². The molecule has 3 rings (SSSR count). The van der Waals surface area contributed by atoms with Crippen molar-refractivity contribution in [3.8, 4) is 0 Å². The number of halogens is 1. The molecule has 0 aliphatic heterocycles. The molecule has 1 N–H and O–H groups in total. The summed E-state index contributed by atoms with van der Waals surface area (Å²) in [7, 11) is 2.13. The first-order chi connectivity index (χ1) is 9.74. The number of anilines is 1. The minimum absolute atomic E-state index is 0.601. The molecule has 3 nitrogen and oxygen atoms in total. The van der Waals surface area contributed by atoms with E-state index in [1.165, 1.54) is 50.5 Å². The van der Waals surface area contributed by atoms with E-state index in [-0.39, 0.29) is 0 Å². The molecule has 0 spiro atoms. The second-order valence-electron chi connectivity index (χ2n) is 6.21. The minimum Gasteiger partial charge on any atom is -0.355 e. The summed E-state index contributed by atoms with van der Waals surface area (Å²) in [4.78, 5) is 6.88. The summed E-state index contributed by atoms with van der Waals surface area (Å²) in [6.07, 6.45) is 11.1. The standard InChI is InChI=1S/C16H24ClN3/c1-20(14-5-3-2-4-6-14)16-15(17)9-12(11-19-16)10-18-13-7-8-13/h9,11,13-14,18H,2-8,10H2,1H3. The molecule has 2 saturated carbocycles. The van der Waals surface area contributed by atoms with Gasteiger partial charge in [-0.25, -0.2) is 4.98 Å². The molecule has 0 saturated heterocycles. The number of hydrogen-bond acceptors (Lipinski definition) is 3. The van der Waals surface area contributed by atoms with Gasteiger partial charge in [-0.2, -0.15) is 0 Å². The zero-order valence-corrected chi connectivity index (χ0v) is 13.0. The average Bonchev–Trinajstić information content (AvgIpc) is 3.30. The Morgan fingerprint density at radius 3 is 2.65 bits per heavy atom. The van der Waals surface area contributed by atoms with Gasteiger partial charge in [0.05, 0.1) is 5.02 Å². The second-order valence-corrected chi connectivity index (χ2v) is 6.61. The number of pyridine rings is 1. The van der Waals surface area contributed by atoms with Crippen LogP contribution in [0.5, 0.6) is 0 Å². The van der Waals surface area contributed by atoms with Crippen LogP contribution in [0.1, 0.15) is 50.5 Å². The van der Waals surface area contributed by atoms with Crippen molar-refractivity contribution in [3.05, 3.63) is 22.8 Å². The van der Waals surface area contributed by atoms with E-state index in [9.17, 15) is 0 Å². The molecule has 1 heterocycles. The van der Waals surface area contributed by atoms with Gasteiger partial charge in [0.15, 0.2) is 0 Å². The Balaban J connectivity index is 1.65. The van der Waals surface area contributed by atoms with Crippen molar-refractivity contribution in [2.45, 2.75) is 63.6 Å². The van der Waals surface area contributed by atoms with Crippen LogP contribution in [0.2, 0.25) is 5.02 Å². The molecule has 20 heavy (non-hydrogen) atoms. The zero-order chi connectivity index (χ0) is 13.9. The number of aromatic nitrogens is 1. The van der Waals surface area contributed by atoms with Crippen LogP contribution in [-0.2, 0) is 6.54 Å². The van der Waals surface area contributed by atoms with E-state index in [0.29, 0.717) is 6.04 Å². The summed E-state index contributed by atoms with van der Waals surface area (Å²) < 4.78 is 0. The Morgan fingerprint density at radius 2 is 2.00 bits per heavy atom. The lowest BCUT2D eigenvalue weighted by Gasteiger charge is -2.32. The Bertz CT molecular complexity index is 453. The number of rotatable bonds is 5. The molecule has 2 aliphatic carbocycles. The summed E-state index contributed by atoms with van der Waals surface area (Å²) in [6.45, 7) is 0.880. The molecule has 4 heteroatoms. The van der Waals surface area contributed by atoms with Gasteiger partial charge in [0.2, 0.25) is 0 Å². The van der Waals surface area contributed by atoms with E-state index < -0.39 is 0 Å². The molecular formula is C16H24ClN3. The summed E-state index contributed by atoms with van der Waals surface area (Å²) in [6, 6.07) is 3.39. The van der Waals surface area contributed by atoms with Crippen LogP contribution in [0.15, 0.2) is 12.3 Å². The Morgan fingerprint density at radius 1 is 1.25 bits per heavy atom. The predicted octanol–water partition coefficient (Wildman–Crippen LogP) is 3.76. The van der Waals surface area contributed by atoms with Crippen molar-refractivity contribution in [2.75, 3.05) is 11.9 Å². The molecule has 110 valence electrons. The lowest BCUT2D eigenvalue weighted by atomic mass is 9.94. The first-order valence-electron chi connectivity index (χ1n) is 7.84. The van der Waals surface area contributed by atoms with E-state index in [4.69, 9.17) is 11.6 Å². The smallest absolute Gasteiger partial charge is 0.147 e. The Kier molecular flexibility index (Phi) is 4.47. The van der Waals surface area contributed by atoms with Gasteiger partial charge in [-0.3, -0.25) is 0 Å². The van der Waals surface area contributed by atoms with Crippen LogP contribution in [0, 0.1) is 0 Å². The molecule has 0 radical (unpaired) electrons. The monoisotopic (exact) mass is 293 g/mol. The summed E-state index contributed by atoms with van der Waals surface area (Å²) in [5, 5.41) is 4.29. The number of nitrogens with one attached hydrogen (secondary N) is 1. The van der Waals surface area contributed by atoms with E-state index in [1.54, 1.807) is 0 Å². The fraction of sp³-hybridized carbons (Fsp3) is 0.688. The molecule has 0 bridgehead atoms. The van der Waals surface area contributed by atoms with E-state index >= 15 is 0 Å². The Hall–Kier alpha value is -0.800. The maximum Gasteiger partial charge on any atom is 0.147 e. The van der Waals surface area contributed by atoms with Crippen molar-refractivity contribution < 1.29 is 0 Å². The third-order valence-corrected chi connectivity index (χ3v) is 4.79. The van der Waals surface area contributed by atoms with Crippen LogP contribution < -0.4 is 10.2 Å². The lowest BCUT2D eigenvalue weighted by Crippen LogP contribution is -2.34. The van der Waals surface area contributed by atoms with Crippen molar-refractivity contribution >= 4 is 17.4 Å². The average molecular weight is 294 g/mol. The largest absolute Gasteiger partial charge is 0.355 e. The van der Waals surface area contributed by atoms with Gasteiger partial charge in [0.25, 0.3) is 0 Å². The van der Waals surface area contributed by atoms with Crippen molar-refractivity contribution in [1.29, 1.82) is 0 Å². The van der Waals surface area contributed by atoms with E-state index in [0.717, 1.165) is 23.4 Å². The molecule has 2 aliphatic rings. The predicted molar refractivity (Wildman–Crippen MR) is 84.4 cm³/mol. The number of nitrogens with zero attached hydrogens (tertiary/aromatic N) is 2. The highest BCUT2D eigenvalue weighted by atomic mass is 35.5. The van der Waals surface area contributed by atoms with Crippen molar-refractivity contribution in [1.82, 2.24) is 10.3 Å². The SMILES string of the molecule is CN(c1ncc(CNC2CC2)cc1Cl)C1CCCCC1. The van der Waals surface area contributed by atoms with Gasteiger partial charge in [-0.15, -0.1) is 0 Å². The second kappa shape index (κ2) is 6.31. The molecule has 1 aromatic rings. The first kappa shape index (κ1) is 14.2. The molecule has 0 amide bonds. The van der Waals surface area contributed by atoms with Gasteiger partial charge >= 0.3 is 0 Å². The molecule has 2 fully saturated rings. The normalized spacial score (nSPS) is 20.1. The highest BCUT2D eigenvalue weighted by Crippen LogP contribution is 2.30. The van der Waals surface area contributed by atoms with Gasteiger partial charge in [-0.05, 0) is 37.3 Å². The maximum absolute atomic E-state index is 6.44. The number of hydrogen-bond donors (Lipinski definition) is 1. The van der Waals surface area contributed by atoms with Crippen molar-refractivity contribution in [2.24, 2.45) is 0 Å². The zero-order valence-electron chi connectivity index (χ0n) is 12.2. The van der Waals surface area contributed by atoms with Crippen LogP contribution in [0.4, 0.5) is 5.82 Å². The minimum atomic E-state index is 0.601. The highest BCUT2D eigenvalue weighted by molar-refractivity contribution is 6.33. The maximum atomic E-state index is 6.44. The fourth-order valence-corrected chi connectivity index (χ4v) is 3.34. The quantitative estimate of drug-likeness (QED) is 0.896. The molecule has 1 aromatic heterocycles. The third-order valence-electron chi connectivity index (χ3n) is 4.51. The van der Waals surface area contributed by atoms with Gasteiger partial charge in [0.1, 0.15) is 5.82 Å². The van der Waals surface area contributed by atoms with Crippen LogP contribution >= 0.6 is 11.6 Å². The summed E-state index contributed by atoms with van der Waals surface area (Å²) >= 11 is 6.44.